The van der Waals surface area contributed by atoms with E-state index in [4.69, 9.17) is 14.9 Å². The number of hydrogen-bond acceptors (Lipinski definition) is 5. The van der Waals surface area contributed by atoms with Gasteiger partial charge in [-0.3, -0.25) is 5.01 Å². The topological polar surface area (TPSA) is 45.9 Å². The van der Waals surface area contributed by atoms with Gasteiger partial charge in [0.1, 0.15) is 5.75 Å². The van der Waals surface area contributed by atoms with Crippen molar-refractivity contribution < 1.29 is 4.74 Å². The Morgan fingerprint density at radius 2 is 1.62 bits per heavy atom. The number of aromatic nitrogens is 2. The van der Waals surface area contributed by atoms with Gasteiger partial charge in [0.2, 0.25) is 0 Å². The Morgan fingerprint density at radius 3 is 2.34 bits per heavy atom. The fourth-order valence-corrected chi connectivity index (χ4v) is 3.74. The van der Waals surface area contributed by atoms with Crippen molar-refractivity contribution >= 4 is 11.9 Å². The van der Waals surface area contributed by atoms with E-state index in [1.54, 1.807) is 7.11 Å². The van der Waals surface area contributed by atoms with Gasteiger partial charge >= 0.3 is 0 Å². The van der Waals surface area contributed by atoms with Gasteiger partial charge in [-0.2, -0.15) is 10.2 Å². The first kappa shape index (κ1) is 19.1. The second-order valence-corrected chi connectivity index (χ2v) is 7.19. The molecule has 1 saturated heterocycles. The highest BCUT2D eigenvalue weighted by atomic mass is 16.5. The molecule has 6 heteroatoms. The van der Waals surface area contributed by atoms with Crippen LogP contribution in [0.2, 0.25) is 0 Å². The third-order valence-corrected chi connectivity index (χ3v) is 5.38. The molecule has 0 radical (unpaired) electrons. The van der Waals surface area contributed by atoms with Gasteiger partial charge in [-0.05, 0) is 38.1 Å². The van der Waals surface area contributed by atoms with E-state index in [2.05, 4.69) is 41.1 Å². The number of nitrogens with zero attached hydrogens (tertiary/aromatic N) is 5. The van der Waals surface area contributed by atoms with Crippen molar-refractivity contribution in [2.45, 2.75) is 13.8 Å². The van der Waals surface area contributed by atoms with Crippen molar-refractivity contribution in [1.82, 2.24) is 14.8 Å². The monoisotopic (exact) mass is 389 g/mol. The van der Waals surface area contributed by atoms with Gasteiger partial charge in [-0.25, -0.2) is 4.68 Å². The van der Waals surface area contributed by atoms with Crippen LogP contribution in [0, 0.1) is 13.8 Å². The van der Waals surface area contributed by atoms with Crippen LogP contribution in [0.15, 0.2) is 59.7 Å². The standard InChI is InChI=1S/C23H27N5O/c1-18-21(19(2)28(25-18)20-9-5-4-6-10-20)17-24-27-15-13-26(14-16-27)22-11-7-8-12-23(22)29-3/h4-12,17H,13-16H2,1-3H3/b24-17-. The highest BCUT2D eigenvalue weighted by Crippen LogP contribution is 2.28. The molecule has 29 heavy (non-hydrogen) atoms. The molecule has 0 aliphatic carbocycles. The second-order valence-electron chi connectivity index (χ2n) is 7.19. The van der Waals surface area contributed by atoms with E-state index in [0.29, 0.717) is 0 Å². The van der Waals surface area contributed by atoms with Crippen LogP contribution in [0.1, 0.15) is 17.0 Å². The van der Waals surface area contributed by atoms with Gasteiger partial charge < -0.3 is 9.64 Å². The molecule has 0 bridgehead atoms. The summed E-state index contributed by atoms with van der Waals surface area (Å²) in [5, 5.41) is 11.6. The number of methoxy groups -OCH3 is 1. The maximum atomic E-state index is 5.50. The van der Waals surface area contributed by atoms with Crippen LogP contribution in [0.25, 0.3) is 5.69 Å². The summed E-state index contributed by atoms with van der Waals surface area (Å²) in [5.41, 5.74) is 5.39. The second kappa shape index (κ2) is 8.39. The summed E-state index contributed by atoms with van der Waals surface area (Å²) >= 11 is 0. The minimum Gasteiger partial charge on any atom is -0.495 e. The van der Waals surface area contributed by atoms with Crippen LogP contribution < -0.4 is 9.64 Å². The normalized spacial score (nSPS) is 14.6. The maximum absolute atomic E-state index is 5.50. The predicted molar refractivity (Wildman–Crippen MR) is 117 cm³/mol. The Labute approximate surface area is 172 Å². The fraction of sp³-hybridized carbons (Fsp3) is 0.304. The summed E-state index contributed by atoms with van der Waals surface area (Å²) < 4.78 is 7.48. The lowest BCUT2D eigenvalue weighted by Gasteiger charge is -2.35. The molecule has 150 valence electrons. The number of piperazine rings is 1. The van der Waals surface area contributed by atoms with Crippen molar-refractivity contribution in [3.05, 3.63) is 71.5 Å². The SMILES string of the molecule is COc1ccccc1N1CCN(/N=C\c2c(C)nn(-c3ccccc3)c2C)CC1. The average Bonchev–Trinajstić information content (AvgIpc) is 3.06. The fourth-order valence-electron chi connectivity index (χ4n) is 3.74. The van der Waals surface area contributed by atoms with Gasteiger partial charge in [0.15, 0.2) is 0 Å². The molecule has 6 nitrogen and oxygen atoms in total. The molecule has 3 aromatic rings. The van der Waals surface area contributed by atoms with E-state index in [1.165, 1.54) is 0 Å². The molecular formula is C23H27N5O. The molecule has 0 saturated carbocycles. The number of rotatable bonds is 5. The molecule has 2 heterocycles. The number of ether oxygens (including phenoxy) is 1. The Kier molecular flexibility index (Phi) is 5.51. The summed E-state index contributed by atoms with van der Waals surface area (Å²) in [7, 11) is 1.72. The van der Waals surface area contributed by atoms with Crippen LogP contribution >= 0.6 is 0 Å². The molecule has 0 N–H and O–H groups in total. The van der Waals surface area contributed by atoms with Crippen molar-refractivity contribution in [3.8, 4) is 11.4 Å². The van der Waals surface area contributed by atoms with Gasteiger partial charge in [0, 0.05) is 18.7 Å². The summed E-state index contributed by atoms with van der Waals surface area (Å²) in [6, 6.07) is 18.4. The smallest absolute Gasteiger partial charge is 0.142 e. The molecule has 0 unspecified atom stereocenters. The molecule has 0 atom stereocenters. The van der Waals surface area contributed by atoms with Crippen LogP contribution in [0.3, 0.4) is 0 Å². The van der Waals surface area contributed by atoms with Crippen molar-refractivity contribution in [2.75, 3.05) is 38.2 Å². The van der Waals surface area contributed by atoms with E-state index >= 15 is 0 Å². The zero-order valence-electron chi connectivity index (χ0n) is 17.2. The number of para-hydroxylation sites is 3. The minimum absolute atomic E-state index is 0.874. The summed E-state index contributed by atoms with van der Waals surface area (Å²) in [6.45, 7) is 7.71. The molecule has 0 amide bonds. The first-order chi connectivity index (χ1) is 14.2. The van der Waals surface area contributed by atoms with Crippen molar-refractivity contribution in [1.29, 1.82) is 0 Å². The highest BCUT2D eigenvalue weighted by molar-refractivity contribution is 5.82. The lowest BCUT2D eigenvalue weighted by molar-refractivity contribution is 0.271. The molecule has 1 fully saturated rings. The maximum Gasteiger partial charge on any atom is 0.142 e. The zero-order chi connectivity index (χ0) is 20.2. The lowest BCUT2D eigenvalue weighted by Crippen LogP contribution is -2.44. The Balaban J connectivity index is 1.44. The zero-order valence-corrected chi connectivity index (χ0v) is 17.2. The van der Waals surface area contributed by atoms with Crippen LogP contribution in [0.5, 0.6) is 5.75 Å². The Morgan fingerprint density at radius 1 is 0.931 bits per heavy atom. The number of benzene rings is 2. The average molecular weight is 390 g/mol. The van der Waals surface area contributed by atoms with Gasteiger partial charge in [0.05, 0.1) is 49.2 Å². The van der Waals surface area contributed by atoms with E-state index < -0.39 is 0 Å². The van der Waals surface area contributed by atoms with E-state index in [9.17, 15) is 0 Å². The Bertz CT molecular complexity index is 988. The first-order valence-corrected chi connectivity index (χ1v) is 9.96. The van der Waals surface area contributed by atoms with E-state index in [-0.39, 0.29) is 0 Å². The predicted octanol–water partition coefficient (Wildman–Crippen LogP) is 3.65. The Hall–Kier alpha value is -3.28. The number of anilines is 1. The third kappa shape index (κ3) is 3.97. The quantitative estimate of drug-likeness (QED) is 0.625. The molecule has 1 aromatic heterocycles. The molecule has 2 aromatic carbocycles. The van der Waals surface area contributed by atoms with Crippen LogP contribution in [-0.2, 0) is 0 Å². The van der Waals surface area contributed by atoms with E-state index in [1.807, 2.05) is 48.2 Å². The summed E-state index contributed by atoms with van der Waals surface area (Å²) in [4.78, 5) is 2.36. The largest absolute Gasteiger partial charge is 0.495 e. The number of aryl methyl sites for hydroxylation is 1. The molecule has 1 aliphatic rings. The van der Waals surface area contributed by atoms with Crippen LogP contribution in [0.4, 0.5) is 5.69 Å². The lowest BCUT2D eigenvalue weighted by atomic mass is 10.2. The van der Waals surface area contributed by atoms with Gasteiger partial charge in [-0.1, -0.05) is 30.3 Å². The van der Waals surface area contributed by atoms with Gasteiger partial charge in [0.25, 0.3) is 0 Å². The van der Waals surface area contributed by atoms with Crippen molar-refractivity contribution in [2.24, 2.45) is 5.10 Å². The van der Waals surface area contributed by atoms with Crippen LogP contribution in [-0.4, -0.2) is 54.3 Å². The first-order valence-electron chi connectivity index (χ1n) is 9.96. The minimum atomic E-state index is 0.874. The number of hydrazone groups is 1. The van der Waals surface area contributed by atoms with Gasteiger partial charge in [-0.15, -0.1) is 0 Å². The molecule has 0 spiro atoms. The third-order valence-electron chi connectivity index (χ3n) is 5.38. The highest BCUT2D eigenvalue weighted by Gasteiger charge is 2.19. The number of hydrogen-bond donors (Lipinski definition) is 0. The van der Waals surface area contributed by atoms with Crippen molar-refractivity contribution in [3.63, 3.8) is 0 Å². The van der Waals surface area contributed by atoms with E-state index in [0.717, 1.165) is 60.3 Å². The summed E-state index contributed by atoms with van der Waals surface area (Å²) in [6.07, 6.45) is 1.95. The molecule has 4 rings (SSSR count). The molecular weight excluding hydrogens is 362 g/mol. The molecule has 1 aliphatic heterocycles. The summed E-state index contributed by atoms with van der Waals surface area (Å²) in [5.74, 6) is 0.920.